The Morgan fingerprint density at radius 2 is 0.667 bits per heavy atom. The Balaban J connectivity index is 4.75. The molecule has 0 aromatic heterocycles. The van der Waals surface area contributed by atoms with E-state index in [2.05, 4.69) is 106 Å². The van der Waals surface area contributed by atoms with Gasteiger partial charge in [-0.25, -0.2) is 4.57 Å². The highest BCUT2D eigenvalue weighted by atomic mass is 31.2. The van der Waals surface area contributed by atoms with Crippen molar-refractivity contribution in [3.63, 3.8) is 0 Å². The van der Waals surface area contributed by atoms with Crippen molar-refractivity contribution >= 4 is 25.7 Å². The summed E-state index contributed by atoms with van der Waals surface area (Å²) in [6.07, 6.45) is 69.6. The van der Waals surface area contributed by atoms with Crippen molar-refractivity contribution in [1.29, 1.82) is 0 Å². The van der Waals surface area contributed by atoms with Gasteiger partial charge < -0.3 is 24.2 Å². The topological polar surface area (TPSA) is 155 Å². The molecule has 78 heavy (non-hydrogen) atoms. The zero-order chi connectivity index (χ0) is 56.9. The van der Waals surface area contributed by atoms with Gasteiger partial charge in [-0.3, -0.25) is 23.4 Å². The number of allylic oxidation sites excluding steroid dienone is 14. The lowest BCUT2D eigenvalue weighted by molar-refractivity contribution is -0.161. The molecule has 0 saturated heterocycles. The summed E-state index contributed by atoms with van der Waals surface area (Å²) < 4.78 is 39.6. The predicted molar refractivity (Wildman–Crippen MR) is 325 cm³/mol. The molecule has 0 aliphatic rings. The van der Waals surface area contributed by atoms with Crippen molar-refractivity contribution in [2.24, 2.45) is 0 Å². The minimum absolute atomic E-state index is 0.157. The Kier molecular flexibility index (Phi) is 57.2. The van der Waals surface area contributed by atoms with Crippen LogP contribution >= 0.6 is 7.82 Å². The number of phosphoric acid groups is 1. The third-order valence-corrected chi connectivity index (χ3v) is 14.2. The van der Waals surface area contributed by atoms with Crippen LogP contribution in [0.2, 0.25) is 0 Å². The number of aliphatic hydroxyl groups excluding tert-OH is 1. The lowest BCUT2D eigenvalue weighted by Crippen LogP contribution is -2.30. The number of unbranched alkanes of at least 4 members (excludes halogenated alkanes) is 27. The lowest BCUT2D eigenvalue weighted by atomic mass is 10.1. The lowest BCUT2D eigenvalue weighted by Gasteiger charge is -2.21. The molecule has 0 fully saturated rings. The Morgan fingerprint density at radius 3 is 1.06 bits per heavy atom. The van der Waals surface area contributed by atoms with Crippen molar-refractivity contribution < 1.29 is 52.2 Å². The zero-order valence-electron chi connectivity index (χ0n) is 49.9. The summed E-state index contributed by atoms with van der Waals surface area (Å²) in [5, 5.41) is 9.83. The summed E-state index contributed by atoms with van der Waals surface area (Å²) in [5.41, 5.74) is 0. The molecule has 0 aromatic rings. The van der Waals surface area contributed by atoms with Crippen molar-refractivity contribution in [2.45, 2.75) is 290 Å². The largest absolute Gasteiger partial charge is 0.472 e. The molecule has 3 atom stereocenters. The Morgan fingerprint density at radius 1 is 0.372 bits per heavy atom. The maximum absolute atomic E-state index is 13.0. The molecule has 0 rings (SSSR count). The zero-order valence-corrected chi connectivity index (χ0v) is 50.8. The number of hydrogen-bond donors (Lipinski definition) is 2. The van der Waals surface area contributed by atoms with E-state index in [0.29, 0.717) is 19.3 Å². The molecule has 0 heterocycles. The smallest absolute Gasteiger partial charge is 0.462 e. The minimum atomic E-state index is -4.76. The SMILES string of the molecule is CC/C=C\C/C=C\C/C=C\C/C=C\CCCCCCCCC(=O)OCC(COP(=O)(O)OCC(CO)OC(=O)CCCCCCC/C=C\CCCCCC)OC(=O)CCCCCCCCCCC/C=C\C/C=C\CCCCC. The summed E-state index contributed by atoms with van der Waals surface area (Å²) in [6.45, 7) is 4.49. The summed E-state index contributed by atoms with van der Waals surface area (Å²) in [7, 11) is -4.76. The molecule has 0 saturated carbocycles. The third kappa shape index (κ3) is 57.3. The minimum Gasteiger partial charge on any atom is -0.462 e. The number of esters is 3. The van der Waals surface area contributed by atoms with E-state index in [1.807, 2.05) is 0 Å². The molecule has 0 aliphatic carbocycles. The predicted octanol–water partition coefficient (Wildman–Crippen LogP) is 19.0. The summed E-state index contributed by atoms with van der Waals surface area (Å²) >= 11 is 0. The second-order valence-electron chi connectivity index (χ2n) is 20.8. The monoisotopic (exact) mass is 1110 g/mol. The Hall–Kier alpha value is -3.34. The van der Waals surface area contributed by atoms with E-state index >= 15 is 0 Å². The van der Waals surface area contributed by atoms with Crippen molar-refractivity contribution in [1.82, 2.24) is 0 Å². The molecule has 450 valence electrons. The molecule has 2 N–H and O–H groups in total. The van der Waals surface area contributed by atoms with Crippen LogP contribution in [0.4, 0.5) is 0 Å². The van der Waals surface area contributed by atoms with Crippen molar-refractivity contribution in [3.05, 3.63) is 85.1 Å². The number of carbonyl (C=O) groups is 3. The van der Waals surface area contributed by atoms with Crippen molar-refractivity contribution in [3.8, 4) is 0 Å². The van der Waals surface area contributed by atoms with Crippen LogP contribution in [-0.4, -0.2) is 66.5 Å². The second-order valence-corrected chi connectivity index (χ2v) is 22.3. The average molecular weight is 1120 g/mol. The van der Waals surface area contributed by atoms with Crippen LogP contribution in [0.1, 0.15) is 278 Å². The molecule has 0 amide bonds. The number of ether oxygens (including phenoxy) is 3. The van der Waals surface area contributed by atoms with Gasteiger partial charge in [0.1, 0.15) is 12.7 Å². The number of rotatable bonds is 58. The summed E-state index contributed by atoms with van der Waals surface area (Å²) in [6, 6.07) is 0. The Labute approximate surface area is 477 Å². The number of phosphoric ester groups is 1. The molecular weight excluding hydrogens is 1000 g/mol. The highest BCUT2D eigenvalue weighted by molar-refractivity contribution is 7.47. The standard InChI is InChI=1S/C66H115O11P/c1-4-7-10-13-16-19-22-25-27-29-31-33-35-38-40-43-46-49-52-55-64(68)73-59-63(77-66(70)57-54-51-48-45-42-39-36-34-32-30-28-26-23-20-17-14-11-8-5-2)61-75-78(71,72)74-60-62(58-67)76-65(69)56-53-50-47-44-41-37-24-21-18-15-12-9-6-3/h7,10,16-17,19-21,24-28,31,33,62-63,67H,4-6,8-9,11-15,18,22-23,29-30,32,34-61H2,1-3H3,(H,71,72)/b10-7-,19-16-,20-17-,24-21-,27-25-,28-26-,33-31-. The first kappa shape index (κ1) is 74.7. The molecule has 0 spiro atoms. The Bertz CT molecular complexity index is 1630. The third-order valence-electron chi connectivity index (χ3n) is 13.3. The molecular formula is C66H115O11P. The summed E-state index contributed by atoms with van der Waals surface area (Å²) in [5.74, 6) is -1.49. The van der Waals surface area contributed by atoms with E-state index < -0.39 is 57.8 Å². The van der Waals surface area contributed by atoms with Crippen LogP contribution in [0.15, 0.2) is 85.1 Å². The fraction of sp³-hybridized carbons (Fsp3) is 0.742. The quantitative estimate of drug-likeness (QED) is 0.0197. The fourth-order valence-corrected chi connectivity index (χ4v) is 9.27. The van der Waals surface area contributed by atoms with Gasteiger partial charge in [-0.15, -0.1) is 0 Å². The van der Waals surface area contributed by atoms with Crippen molar-refractivity contribution in [2.75, 3.05) is 26.4 Å². The van der Waals surface area contributed by atoms with Gasteiger partial charge in [0.25, 0.3) is 0 Å². The number of carbonyl (C=O) groups excluding carboxylic acids is 3. The van der Waals surface area contributed by atoms with Gasteiger partial charge in [0, 0.05) is 19.3 Å². The van der Waals surface area contributed by atoms with Crippen LogP contribution in [-0.2, 0) is 42.2 Å². The maximum Gasteiger partial charge on any atom is 0.472 e. The van der Waals surface area contributed by atoms with E-state index in [1.54, 1.807) is 0 Å². The normalized spacial score (nSPS) is 13.9. The van der Waals surface area contributed by atoms with Gasteiger partial charge in [-0.2, -0.15) is 0 Å². The van der Waals surface area contributed by atoms with Crippen LogP contribution in [0.3, 0.4) is 0 Å². The van der Waals surface area contributed by atoms with Crippen LogP contribution < -0.4 is 0 Å². The molecule has 3 unspecified atom stereocenters. The first-order chi connectivity index (χ1) is 38.2. The molecule has 0 bridgehead atoms. The van der Waals surface area contributed by atoms with Crippen LogP contribution in [0.25, 0.3) is 0 Å². The highest BCUT2D eigenvalue weighted by Gasteiger charge is 2.28. The van der Waals surface area contributed by atoms with Gasteiger partial charge in [-0.1, -0.05) is 228 Å². The number of aliphatic hydroxyl groups is 1. The maximum atomic E-state index is 13.0. The van der Waals surface area contributed by atoms with Crippen LogP contribution in [0, 0.1) is 0 Å². The van der Waals surface area contributed by atoms with Gasteiger partial charge in [-0.05, 0) is 116 Å². The molecule has 0 aromatic carbocycles. The van der Waals surface area contributed by atoms with E-state index in [1.165, 1.54) is 83.5 Å². The first-order valence-electron chi connectivity index (χ1n) is 31.5. The molecule has 11 nitrogen and oxygen atoms in total. The van der Waals surface area contributed by atoms with Gasteiger partial charge in [0.2, 0.25) is 0 Å². The van der Waals surface area contributed by atoms with E-state index in [0.717, 1.165) is 135 Å². The van der Waals surface area contributed by atoms with E-state index in [9.17, 15) is 28.9 Å². The highest BCUT2D eigenvalue weighted by Crippen LogP contribution is 2.43. The van der Waals surface area contributed by atoms with Gasteiger partial charge in [0.05, 0.1) is 19.8 Å². The molecule has 0 radical (unpaired) electrons. The second kappa shape index (κ2) is 59.8. The first-order valence-corrected chi connectivity index (χ1v) is 33.0. The van der Waals surface area contributed by atoms with Crippen LogP contribution in [0.5, 0.6) is 0 Å². The number of hydrogen-bond acceptors (Lipinski definition) is 10. The fourth-order valence-electron chi connectivity index (χ4n) is 8.49. The van der Waals surface area contributed by atoms with E-state index in [-0.39, 0.29) is 25.9 Å². The molecule has 0 aliphatic heterocycles. The molecule has 12 heteroatoms. The van der Waals surface area contributed by atoms with E-state index in [4.69, 9.17) is 23.3 Å². The summed E-state index contributed by atoms with van der Waals surface area (Å²) in [4.78, 5) is 48.7. The van der Waals surface area contributed by atoms with Gasteiger partial charge in [0.15, 0.2) is 6.10 Å². The van der Waals surface area contributed by atoms with Gasteiger partial charge >= 0.3 is 25.7 Å². The average Bonchev–Trinajstić information content (AvgIpc) is 3.43.